The molecule has 0 spiro atoms. The lowest BCUT2D eigenvalue weighted by molar-refractivity contribution is 0.149. The highest BCUT2D eigenvalue weighted by atomic mass is 15.4. The number of unbranched alkanes of at least 4 members (excludes halogenated alkanes) is 21. The average molecular weight is 525 g/mol. The van der Waals surface area contributed by atoms with Crippen LogP contribution in [0.5, 0.6) is 0 Å². The first kappa shape index (κ1) is 32.8. The second-order valence-corrected chi connectivity index (χ2v) is 12.0. The molecular formula is C36H64N2. The molecule has 0 fully saturated rings. The Labute approximate surface area is 238 Å². The van der Waals surface area contributed by atoms with Crippen molar-refractivity contribution in [2.75, 3.05) is 13.1 Å². The third-order valence-electron chi connectivity index (χ3n) is 8.47. The molecule has 1 atom stereocenters. The number of rotatable bonds is 26. The number of benzene rings is 1. The van der Waals surface area contributed by atoms with Gasteiger partial charge in [-0.15, -0.1) is 0 Å². The van der Waals surface area contributed by atoms with Gasteiger partial charge in [-0.25, -0.2) is 0 Å². The first-order valence-corrected chi connectivity index (χ1v) is 17.1. The second kappa shape index (κ2) is 23.4. The molecule has 38 heavy (non-hydrogen) atoms. The van der Waals surface area contributed by atoms with Crippen molar-refractivity contribution < 1.29 is 0 Å². The van der Waals surface area contributed by atoms with Crippen molar-refractivity contribution in [3.8, 4) is 0 Å². The summed E-state index contributed by atoms with van der Waals surface area (Å²) in [5, 5.41) is 0. The Bertz CT molecular complexity index is 655. The summed E-state index contributed by atoms with van der Waals surface area (Å²) in [7, 11) is 0. The van der Waals surface area contributed by atoms with Crippen LogP contribution in [0.15, 0.2) is 42.7 Å². The Hall–Kier alpha value is -1.44. The molecule has 2 rings (SSSR count). The maximum Gasteiger partial charge on any atom is 0.127 e. The van der Waals surface area contributed by atoms with Crippen molar-refractivity contribution in [2.24, 2.45) is 0 Å². The largest absolute Gasteiger partial charge is 0.352 e. The lowest BCUT2D eigenvalue weighted by Crippen LogP contribution is -2.32. The van der Waals surface area contributed by atoms with E-state index in [1.54, 1.807) is 0 Å². The van der Waals surface area contributed by atoms with Gasteiger partial charge in [0.2, 0.25) is 0 Å². The lowest BCUT2D eigenvalue weighted by atomic mass is 10.0. The molecular weight excluding hydrogens is 460 g/mol. The Morgan fingerprint density at radius 1 is 0.421 bits per heavy atom. The van der Waals surface area contributed by atoms with Gasteiger partial charge in [-0.1, -0.05) is 179 Å². The molecule has 1 aliphatic heterocycles. The summed E-state index contributed by atoms with van der Waals surface area (Å²) >= 11 is 0. The van der Waals surface area contributed by atoms with Gasteiger partial charge in [-0.3, -0.25) is 0 Å². The Morgan fingerprint density at radius 2 is 0.737 bits per heavy atom. The number of hydrogen-bond donors (Lipinski definition) is 0. The summed E-state index contributed by atoms with van der Waals surface area (Å²) in [6.07, 6.45) is 37.7. The van der Waals surface area contributed by atoms with Gasteiger partial charge in [0, 0.05) is 25.5 Å². The van der Waals surface area contributed by atoms with Crippen LogP contribution >= 0.6 is 0 Å². The van der Waals surface area contributed by atoms with Crippen LogP contribution in [0.2, 0.25) is 0 Å². The molecule has 0 saturated heterocycles. The van der Waals surface area contributed by atoms with E-state index in [0.717, 1.165) is 0 Å². The SMILES string of the molecule is CCCCCCCCCCCCCCCCCN1C=CN(CCCCCCCCCC)C1c1ccccc1. The molecule has 1 aromatic carbocycles. The van der Waals surface area contributed by atoms with Crippen molar-refractivity contribution in [1.29, 1.82) is 0 Å². The zero-order valence-electron chi connectivity index (χ0n) is 25.7. The van der Waals surface area contributed by atoms with Gasteiger partial charge in [-0.2, -0.15) is 0 Å². The number of nitrogens with zero attached hydrogens (tertiary/aromatic N) is 2. The van der Waals surface area contributed by atoms with E-state index < -0.39 is 0 Å². The molecule has 2 nitrogen and oxygen atoms in total. The molecule has 1 heterocycles. The highest BCUT2D eigenvalue weighted by molar-refractivity contribution is 5.21. The number of hydrogen-bond acceptors (Lipinski definition) is 2. The maximum atomic E-state index is 2.60. The summed E-state index contributed by atoms with van der Waals surface area (Å²) in [5.74, 6) is 0. The fourth-order valence-electron chi connectivity index (χ4n) is 6.02. The molecule has 0 aliphatic carbocycles. The van der Waals surface area contributed by atoms with Crippen LogP contribution in [0.25, 0.3) is 0 Å². The van der Waals surface area contributed by atoms with E-state index in [0.29, 0.717) is 6.17 Å². The Balaban J connectivity index is 1.54. The van der Waals surface area contributed by atoms with Crippen molar-refractivity contribution in [3.05, 3.63) is 48.3 Å². The van der Waals surface area contributed by atoms with Crippen LogP contribution in [-0.2, 0) is 0 Å². The van der Waals surface area contributed by atoms with Gasteiger partial charge < -0.3 is 9.80 Å². The van der Waals surface area contributed by atoms with Crippen molar-refractivity contribution >= 4 is 0 Å². The van der Waals surface area contributed by atoms with Gasteiger partial charge in [0.15, 0.2) is 0 Å². The van der Waals surface area contributed by atoms with Crippen molar-refractivity contribution in [1.82, 2.24) is 9.80 Å². The van der Waals surface area contributed by atoms with Crippen LogP contribution in [0.3, 0.4) is 0 Å². The quantitative estimate of drug-likeness (QED) is 0.111. The van der Waals surface area contributed by atoms with Crippen LogP contribution < -0.4 is 0 Å². The summed E-state index contributed by atoms with van der Waals surface area (Å²) in [6.45, 7) is 6.97. The molecule has 2 heteroatoms. The zero-order valence-corrected chi connectivity index (χ0v) is 25.7. The van der Waals surface area contributed by atoms with Gasteiger partial charge in [0.05, 0.1) is 0 Å². The topological polar surface area (TPSA) is 6.48 Å². The smallest absolute Gasteiger partial charge is 0.127 e. The molecule has 0 aromatic heterocycles. The van der Waals surface area contributed by atoms with E-state index in [2.05, 4.69) is 66.4 Å². The monoisotopic (exact) mass is 525 g/mol. The second-order valence-electron chi connectivity index (χ2n) is 12.0. The van der Waals surface area contributed by atoms with Crippen LogP contribution in [-0.4, -0.2) is 22.9 Å². The van der Waals surface area contributed by atoms with E-state index in [1.807, 2.05) is 0 Å². The molecule has 0 radical (unpaired) electrons. The standard InChI is InChI=1S/C36H64N2/c1-3-5-7-9-11-13-14-15-16-17-18-19-21-23-28-32-38-34-33-37(36(38)35-29-25-24-26-30-35)31-27-22-20-12-10-8-6-4-2/h24-26,29-30,33-34,36H,3-23,27-28,31-32H2,1-2H3. The summed E-state index contributed by atoms with van der Waals surface area (Å²) in [4.78, 5) is 5.19. The average Bonchev–Trinajstić information content (AvgIpc) is 3.35. The van der Waals surface area contributed by atoms with Crippen molar-refractivity contribution in [2.45, 2.75) is 168 Å². The van der Waals surface area contributed by atoms with Gasteiger partial charge in [-0.05, 0) is 18.4 Å². The van der Waals surface area contributed by atoms with Gasteiger partial charge in [0.25, 0.3) is 0 Å². The Kier molecular flexibility index (Phi) is 20.2. The molecule has 1 unspecified atom stereocenters. The maximum absolute atomic E-state index is 2.60. The summed E-state index contributed by atoms with van der Waals surface area (Å²) < 4.78 is 0. The van der Waals surface area contributed by atoms with Crippen LogP contribution in [0.4, 0.5) is 0 Å². The minimum atomic E-state index is 0.396. The van der Waals surface area contributed by atoms with E-state index in [1.165, 1.54) is 166 Å². The van der Waals surface area contributed by atoms with Crippen LogP contribution in [0, 0.1) is 0 Å². The fourth-order valence-corrected chi connectivity index (χ4v) is 6.02. The molecule has 0 bridgehead atoms. The predicted octanol–water partition coefficient (Wildman–Crippen LogP) is 11.8. The van der Waals surface area contributed by atoms with Gasteiger partial charge >= 0.3 is 0 Å². The molecule has 1 aromatic rings. The lowest BCUT2D eigenvalue weighted by Gasteiger charge is -2.33. The highest BCUT2D eigenvalue weighted by Crippen LogP contribution is 2.31. The molecule has 218 valence electrons. The van der Waals surface area contributed by atoms with Gasteiger partial charge in [0.1, 0.15) is 6.17 Å². The molecule has 0 amide bonds. The summed E-state index contributed by atoms with van der Waals surface area (Å²) in [5.41, 5.74) is 1.44. The highest BCUT2D eigenvalue weighted by Gasteiger charge is 2.26. The molecule has 0 N–H and O–H groups in total. The van der Waals surface area contributed by atoms with E-state index in [-0.39, 0.29) is 0 Å². The minimum absolute atomic E-state index is 0.396. The molecule has 0 saturated carbocycles. The normalized spacial score (nSPS) is 15.2. The van der Waals surface area contributed by atoms with E-state index in [9.17, 15) is 0 Å². The minimum Gasteiger partial charge on any atom is -0.352 e. The first-order chi connectivity index (χ1) is 18.9. The van der Waals surface area contributed by atoms with Crippen molar-refractivity contribution in [3.63, 3.8) is 0 Å². The third-order valence-corrected chi connectivity index (χ3v) is 8.47. The fraction of sp³-hybridized carbons (Fsp3) is 0.778. The zero-order chi connectivity index (χ0) is 26.9. The summed E-state index contributed by atoms with van der Waals surface area (Å²) in [6, 6.07) is 11.2. The van der Waals surface area contributed by atoms with Crippen LogP contribution in [0.1, 0.15) is 173 Å². The van der Waals surface area contributed by atoms with E-state index in [4.69, 9.17) is 0 Å². The third kappa shape index (κ3) is 15.2. The van der Waals surface area contributed by atoms with E-state index >= 15 is 0 Å². The Morgan fingerprint density at radius 3 is 1.08 bits per heavy atom. The first-order valence-electron chi connectivity index (χ1n) is 17.1. The predicted molar refractivity (Wildman–Crippen MR) is 169 cm³/mol. The molecule has 1 aliphatic rings.